The first-order valence-electron chi connectivity index (χ1n) is 7.87. The summed E-state index contributed by atoms with van der Waals surface area (Å²) in [5.74, 6) is -0.154. The highest BCUT2D eigenvalue weighted by Gasteiger charge is 2.40. The molecule has 1 aliphatic rings. The SMILES string of the molecule is CCN1C(=O)c2ccccc2[C@H]1[C@@H](CC=O)c1ccc(Cl)c(Cl)c1. The molecule has 1 amide bonds. The van der Waals surface area contributed by atoms with Gasteiger partial charge in [0.05, 0.1) is 16.1 Å². The fourth-order valence-electron chi connectivity index (χ4n) is 3.47. The smallest absolute Gasteiger partial charge is 0.254 e. The van der Waals surface area contributed by atoms with E-state index < -0.39 is 0 Å². The number of hydrogen-bond donors (Lipinski definition) is 0. The van der Waals surface area contributed by atoms with Gasteiger partial charge in [0.25, 0.3) is 5.91 Å². The van der Waals surface area contributed by atoms with Crippen molar-refractivity contribution >= 4 is 35.4 Å². The van der Waals surface area contributed by atoms with E-state index in [9.17, 15) is 9.59 Å². The number of rotatable bonds is 5. The Labute approximate surface area is 151 Å². The first-order chi connectivity index (χ1) is 11.6. The van der Waals surface area contributed by atoms with E-state index in [1.165, 1.54) is 0 Å². The molecule has 0 aliphatic carbocycles. The van der Waals surface area contributed by atoms with E-state index in [0.717, 1.165) is 17.4 Å². The van der Waals surface area contributed by atoms with Crippen molar-refractivity contribution < 1.29 is 9.59 Å². The molecule has 0 aromatic heterocycles. The van der Waals surface area contributed by atoms with Crippen molar-refractivity contribution in [1.82, 2.24) is 4.90 Å². The molecule has 0 radical (unpaired) electrons. The van der Waals surface area contributed by atoms with Crippen molar-refractivity contribution in [3.05, 3.63) is 69.2 Å². The van der Waals surface area contributed by atoms with Gasteiger partial charge in [-0.1, -0.05) is 47.5 Å². The van der Waals surface area contributed by atoms with Crippen LogP contribution >= 0.6 is 23.2 Å². The van der Waals surface area contributed by atoms with Crippen molar-refractivity contribution in [1.29, 1.82) is 0 Å². The van der Waals surface area contributed by atoms with Gasteiger partial charge in [-0.15, -0.1) is 0 Å². The molecule has 24 heavy (non-hydrogen) atoms. The fraction of sp³-hybridized carbons (Fsp3) is 0.263. The minimum Gasteiger partial charge on any atom is -0.331 e. The summed E-state index contributed by atoms with van der Waals surface area (Å²) in [7, 11) is 0. The maximum Gasteiger partial charge on any atom is 0.254 e. The Morgan fingerprint density at radius 2 is 1.92 bits per heavy atom. The van der Waals surface area contributed by atoms with Gasteiger partial charge in [-0.25, -0.2) is 0 Å². The molecule has 0 N–H and O–H groups in total. The molecule has 124 valence electrons. The lowest BCUT2D eigenvalue weighted by Crippen LogP contribution is -2.31. The van der Waals surface area contributed by atoms with Crippen LogP contribution in [0.25, 0.3) is 0 Å². The summed E-state index contributed by atoms with van der Waals surface area (Å²) in [6, 6.07) is 12.8. The molecule has 0 fully saturated rings. The van der Waals surface area contributed by atoms with E-state index >= 15 is 0 Å². The zero-order valence-corrected chi connectivity index (χ0v) is 14.7. The Morgan fingerprint density at radius 1 is 1.17 bits per heavy atom. The number of carbonyl (C=O) groups is 2. The molecule has 2 atom stereocenters. The number of likely N-dealkylation sites (N-methyl/N-ethyl adjacent to an activating group) is 1. The molecule has 0 saturated carbocycles. The fourth-order valence-corrected chi connectivity index (χ4v) is 3.77. The zero-order chi connectivity index (χ0) is 17.3. The molecule has 1 heterocycles. The zero-order valence-electron chi connectivity index (χ0n) is 13.2. The van der Waals surface area contributed by atoms with Crippen LogP contribution in [0.3, 0.4) is 0 Å². The summed E-state index contributed by atoms with van der Waals surface area (Å²) >= 11 is 12.2. The van der Waals surface area contributed by atoms with Crippen molar-refractivity contribution in [2.24, 2.45) is 0 Å². The van der Waals surface area contributed by atoms with E-state index in [0.29, 0.717) is 28.6 Å². The van der Waals surface area contributed by atoms with Crippen LogP contribution in [0.5, 0.6) is 0 Å². The summed E-state index contributed by atoms with van der Waals surface area (Å²) in [4.78, 5) is 25.8. The van der Waals surface area contributed by atoms with E-state index in [4.69, 9.17) is 23.2 Å². The average Bonchev–Trinajstić information content (AvgIpc) is 2.88. The van der Waals surface area contributed by atoms with Gasteiger partial charge in [-0.3, -0.25) is 4.79 Å². The second kappa shape index (κ2) is 6.96. The second-order valence-electron chi connectivity index (χ2n) is 5.81. The van der Waals surface area contributed by atoms with Crippen LogP contribution < -0.4 is 0 Å². The van der Waals surface area contributed by atoms with Gasteiger partial charge in [0.1, 0.15) is 6.29 Å². The number of carbonyl (C=O) groups excluding carboxylic acids is 2. The quantitative estimate of drug-likeness (QED) is 0.711. The van der Waals surface area contributed by atoms with Crippen molar-refractivity contribution in [3.63, 3.8) is 0 Å². The molecule has 0 saturated heterocycles. The van der Waals surface area contributed by atoms with Crippen molar-refractivity contribution in [2.75, 3.05) is 6.54 Å². The third-order valence-electron chi connectivity index (χ3n) is 4.55. The summed E-state index contributed by atoms with van der Waals surface area (Å²) < 4.78 is 0. The minimum absolute atomic E-state index is 0.00839. The third kappa shape index (κ3) is 2.83. The van der Waals surface area contributed by atoms with Crippen LogP contribution in [0.1, 0.15) is 46.8 Å². The van der Waals surface area contributed by atoms with Gasteiger partial charge in [0.2, 0.25) is 0 Å². The highest BCUT2D eigenvalue weighted by Crippen LogP contribution is 2.45. The summed E-state index contributed by atoms with van der Waals surface area (Å²) in [5.41, 5.74) is 2.58. The van der Waals surface area contributed by atoms with Gasteiger partial charge in [0, 0.05) is 24.4 Å². The van der Waals surface area contributed by atoms with Crippen molar-refractivity contribution in [3.8, 4) is 0 Å². The summed E-state index contributed by atoms with van der Waals surface area (Å²) in [6.07, 6.45) is 1.20. The Balaban J connectivity index is 2.11. The van der Waals surface area contributed by atoms with Crippen LogP contribution in [0.4, 0.5) is 0 Å². The van der Waals surface area contributed by atoms with E-state index in [-0.39, 0.29) is 17.9 Å². The molecule has 1 aliphatic heterocycles. The number of nitrogens with zero attached hydrogens (tertiary/aromatic N) is 1. The first-order valence-corrected chi connectivity index (χ1v) is 8.62. The summed E-state index contributed by atoms with van der Waals surface area (Å²) in [5, 5.41) is 0.922. The van der Waals surface area contributed by atoms with E-state index in [1.807, 2.05) is 42.2 Å². The Hall–Kier alpha value is -1.84. The van der Waals surface area contributed by atoms with Gasteiger partial charge in [0.15, 0.2) is 0 Å². The van der Waals surface area contributed by atoms with E-state index in [2.05, 4.69) is 0 Å². The lowest BCUT2D eigenvalue weighted by molar-refractivity contribution is -0.108. The molecule has 2 aromatic rings. The van der Waals surface area contributed by atoms with E-state index in [1.54, 1.807) is 12.1 Å². The number of benzene rings is 2. The Morgan fingerprint density at radius 3 is 2.58 bits per heavy atom. The molecule has 3 nitrogen and oxygen atoms in total. The lowest BCUT2D eigenvalue weighted by Gasteiger charge is -2.31. The van der Waals surface area contributed by atoms with Crippen LogP contribution in [-0.2, 0) is 4.79 Å². The predicted molar refractivity (Wildman–Crippen MR) is 95.8 cm³/mol. The number of hydrogen-bond acceptors (Lipinski definition) is 2. The van der Waals surface area contributed by atoms with Crippen LogP contribution in [0.2, 0.25) is 10.0 Å². The van der Waals surface area contributed by atoms with Gasteiger partial charge in [-0.2, -0.15) is 0 Å². The lowest BCUT2D eigenvalue weighted by atomic mass is 9.85. The highest BCUT2D eigenvalue weighted by molar-refractivity contribution is 6.42. The molecule has 0 unspecified atom stereocenters. The Bertz CT molecular complexity index is 791. The molecular formula is C19H17Cl2NO2. The minimum atomic E-state index is -0.179. The monoisotopic (exact) mass is 361 g/mol. The molecule has 3 rings (SSSR count). The molecule has 0 bridgehead atoms. The summed E-state index contributed by atoms with van der Waals surface area (Å²) in [6.45, 7) is 2.53. The predicted octanol–water partition coefficient (Wildman–Crippen LogP) is 4.88. The normalized spacial score (nSPS) is 17.7. The maximum atomic E-state index is 12.7. The first kappa shape index (κ1) is 17.0. The Kier molecular flexibility index (Phi) is 4.93. The van der Waals surface area contributed by atoms with Gasteiger partial charge < -0.3 is 9.69 Å². The highest BCUT2D eigenvalue weighted by atomic mass is 35.5. The van der Waals surface area contributed by atoms with Crippen LogP contribution in [0, 0.1) is 0 Å². The maximum absolute atomic E-state index is 12.7. The average molecular weight is 362 g/mol. The van der Waals surface area contributed by atoms with Crippen molar-refractivity contribution in [2.45, 2.75) is 25.3 Å². The topological polar surface area (TPSA) is 37.4 Å². The molecule has 0 spiro atoms. The van der Waals surface area contributed by atoms with Gasteiger partial charge in [-0.05, 0) is 36.2 Å². The van der Waals surface area contributed by atoms with Crippen LogP contribution in [-0.4, -0.2) is 23.6 Å². The number of amides is 1. The molecular weight excluding hydrogens is 345 g/mol. The number of aldehydes is 1. The third-order valence-corrected chi connectivity index (χ3v) is 5.29. The molecule has 5 heteroatoms. The molecule has 2 aromatic carbocycles. The largest absolute Gasteiger partial charge is 0.331 e. The second-order valence-corrected chi connectivity index (χ2v) is 6.62. The standard InChI is InChI=1S/C19H17Cl2NO2/c1-2-22-18(14-5-3-4-6-15(14)19(22)24)13(9-10-23)12-7-8-16(20)17(21)11-12/h3-8,10-11,13,18H,2,9H2,1H3/t13-,18+/m0/s1. The number of fused-ring (bicyclic) bond motifs is 1. The van der Waals surface area contributed by atoms with Gasteiger partial charge >= 0.3 is 0 Å². The number of halogens is 2. The van der Waals surface area contributed by atoms with Crippen LogP contribution in [0.15, 0.2) is 42.5 Å².